The minimum Gasteiger partial charge on any atom is -0.373 e. The Balaban J connectivity index is 1.79. The molecule has 1 aromatic heterocycles. The third-order valence-electron chi connectivity index (χ3n) is 4.75. The molecular formula is C20H24N4O. The Bertz CT molecular complexity index is 754. The van der Waals surface area contributed by atoms with Gasteiger partial charge in [-0.1, -0.05) is 44.2 Å². The van der Waals surface area contributed by atoms with Crippen LogP contribution in [0, 0.1) is 11.3 Å². The quantitative estimate of drug-likeness (QED) is 0.899. The molecule has 0 radical (unpaired) electrons. The summed E-state index contributed by atoms with van der Waals surface area (Å²) in [5.41, 5.74) is 3.75. The highest BCUT2D eigenvalue weighted by Gasteiger charge is 2.25. The smallest absolute Gasteiger partial charge is 0.167 e. The summed E-state index contributed by atoms with van der Waals surface area (Å²) in [6.45, 7) is 4.79. The molecule has 1 N–H and O–H groups in total. The average molecular weight is 336 g/mol. The minimum absolute atomic E-state index is 0.0755. The van der Waals surface area contributed by atoms with Crippen LogP contribution in [0.5, 0.6) is 0 Å². The number of ether oxygens (including phenoxy) is 1. The Morgan fingerprint density at radius 1 is 1.20 bits per heavy atom. The van der Waals surface area contributed by atoms with Gasteiger partial charge in [0, 0.05) is 12.6 Å². The van der Waals surface area contributed by atoms with Gasteiger partial charge in [-0.05, 0) is 36.8 Å². The van der Waals surface area contributed by atoms with E-state index in [9.17, 15) is 5.26 Å². The first-order valence-electron chi connectivity index (χ1n) is 8.98. The molecule has 1 fully saturated rings. The van der Waals surface area contributed by atoms with Crippen LogP contribution >= 0.6 is 0 Å². The van der Waals surface area contributed by atoms with Crippen LogP contribution in [0.3, 0.4) is 0 Å². The van der Waals surface area contributed by atoms with Crippen molar-refractivity contribution in [3.63, 3.8) is 0 Å². The molecule has 2 heterocycles. The lowest BCUT2D eigenvalue weighted by Gasteiger charge is -2.31. The number of nitriles is 1. The second-order valence-electron chi connectivity index (χ2n) is 6.30. The highest BCUT2D eigenvalue weighted by Crippen LogP contribution is 2.30. The fourth-order valence-electron chi connectivity index (χ4n) is 3.42. The molecule has 130 valence electrons. The molecule has 0 amide bonds. The summed E-state index contributed by atoms with van der Waals surface area (Å²) in [5.74, 6) is 0.607. The third kappa shape index (κ3) is 3.80. The normalized spacial score (nSPS) is 20.0. The molecule has 25 heavy (non-hydrogen) atoms. The number of aromatic nitrogens is 2. The van der Waals surface area contributed by atoms with E-state index in [1.165, 1.54) is 5.56 Å². The maximum Gasteiger partial charge on any atom is 0.167 e. The van der Waals surface area contributed by atoms with Gasteiger partial charge in [0.25, 0.3) is 0 Å². The van der Waals surface area contributed by atoms with Crippen molar-refractivity contribution in [1.82, 2.24) is 10.2 Å². The van der Waals surface area contributed by atoms with Crippen molar-refractivity contribution < 1.29 is 4.74 Å². The second-order valence-corrected chi connectivity index (χ2v) is 6.30. The van der Waals surface area contributed by atoms with E-state index >= 15 is 0 Å². The zero-order chi connectivity index (χ0) is 17.6. The van der Waals surface area contributed by atoms with Crippen LogP contribution in [-0.2, 0) is 17.6 Å². The number of nitrogens with zero attached hydrogens (tertiary/aromatic N) is 3. The molecule has 2 unspecified atom stereocenters. The monoisotopic (exact) mass is 336 g/mol. The van der Waals surface area contributed by atoms with E-state index in [2.05, 4.69) is 40.6 Å². The molecule has 0 saturated carbocycles. The summed E-state index contributed by atoms with van der Waals surface area (Å²) >= 11 is 0. The van der Waals surface area contributed by atoms with Gasteiger partial charge in [-0.25, -0.2) is 0 Å². The summed E-state index contributed by atoms with van der Waals surface area (Å²) in [6, 6.07) is 12.8. The summed E-state index contributed by atoms with van der Waals surface area (Å²) in [7, 11) is 0. The number of hydrogen-bond donors (Lipinski definition) is 1. The first-order valence-corrected chi connectivity index (χ1v) is 8.98. The van der Waals surface area contributed by atoms with Crippen LogP contribution in [0.2, 0.25) is 0 Å². The predicted molar refractivity (Wildman–Crippen MR) is 97.3 cm³/mol. The van der Waals surface area contributed by atoms with E-state index in [4.69, 9.17) is 4.74 Å². The van der Waals surface area contributed by atoms with Crippen molar-refractivity contribution in [3.8, 4) is 6.07 Å². The number of benzene rings is 1. The van der Waals surface area contributed by atoms with Crippen LogP contribution in [0.15, 0.2) is 30.3 Å². The first kappa shape index (κ1) is 17.4. The maximum absolute atomic E-state index is 9.63. The van der Waals surface area contributed by atoms with Crippen molar-refractivity contribution in [2.45, 2.75) is 51.7 Å². The van der Waals surface area contributed by atoms with E-state index in [1.807, 2.05) is 25.1 Å². The number of rotatable bonds is 5. The van der Waals surface area contributed by atoms with Gasteiger partial charge in [0.1, 0.15) is 11.6 Å². The van der Waals surface area contributed by atoms with Gasteiger partial charge in [-0.2, -0.15) is 10.4 Å². The van der Waals surface area contributed by atoms with E-state index in [1.54, 1.807) is 0 Å². The second kappa shape index (κ2) is 8.09. The van der Waals surface area contributed by atoms with Gasteiger partial charge in [0.15, 0.2) is 5.82 Å². The number of anilines is 1. The zero-order valence-electron chi connectivity index (χ0n) is 14.8. The average Bonchev–Trinajstić information content (AvgIpc) is 2.68. The molecule has 2 aromatic rings. The summed E-state index contributed by atoms with van der Waals surface area (Å²) in [5, 5.41) is 21.7. The molecule has 2 atom stereocenters. The van der Waals surface area contributed by atoms with E-state index in [0.717, 1.165) is 36.9 Å². The molecule has 1 aliphatic heterocycles. The van der Waals surface area contributed by atoms with Gasteiger partial charge in [-0.3, -0.25) is 0 Å². The lowest BCUT2D eigenvalue weighted by molar-refractivity contribution is 0.00973. The SMILES string of the molecule is CCc1nnc(NC2CCOC(c3ccccc3)C2)c(C#N)c1CC. The highest BCUT2D eigenvalue weighted by atomic mass is 16.5. The minimum atomic E-state index is 0.0755. The van der Waals surface area contributed by atoms with Gasteiger partial charge in [0.05, 0.1) is 11.8 Å². The molecule has 0 spiro atoms. The number of nitrogens with one attached hydrogen (secondary N) is 1. The summed E-state index contributed by atoms with van der Waals surface area (Å²) in [4.78, 5) is 0. The fraction of sp³-hybridized carbons (Fsp3) is 0.450. The van der Waals surface area contributed by atoms with E-state index in [-0.39, 0.29) is 12.1 Å². The summed E-state index contributed by atoms with van der Waals surface area (Å²) < 4.78 is 5.93. The van der Waals surface area contributed by atoms with Crippen LogP contribution in [0.4, 0.5) is 5.82 Å². The van der Waals surface area contributed by atoms with Crippen LogP contribution in [0.25, 0.3) is 0 Å². The molecule has 1 saturated heterocycles. The Kier molecular flexibility index (Phi) is 5.62. The van der Waals surface area contributed by atoms with Crippen LogP contribution in [0.1, 0.15) is 55.2 Å². The molecule has 0 aliphatic carbocycles. The van der Waals surface area contributed by atoms with E-state index in [0.29, 0.717) is 18.0 Å². The van der Waals surface area contributed by atoms with Gasteiger partial charge < -0.3 is 10.1 Å². The molecule has 5 heteroatoms. The molecule has 0 bridgehead atoms. The number of hydrogen-bond acceptors (Lipinski definition) is 5. The molecule has 3 rings (SSSR count). The predicted octanol–water partition coefficient (Wildman–Crippen LogP) is 3.81. The Labute approximate surface area is 149 Å². The van der Waals surface area contributed by atoms with Gasteiger partial charge in [-0.15, -0.1) is 5.10 Å². The Hall–Kier alpha value is -2.45. The fourth-order valence-corrected chi connectivity index (χ4v) is 3.42. The number of aryl methyl sites for hydroxylation is 1. The van der Waals surface area contributed by atoms with Crippen molar-refractivity contribution in [2.75, 3.05) is 11.9 Å². The summed E-state index contributed by atoms with van der Waals surface area (Å²) in [6.07, 6.45) is 3.40. The van der Waals surface area contributed by atoms with Crippen molar-refractivity contribution in [1.29, 1.82) is 5.26 Å². The topological polar surface area (TPSA) is 70.8 Å². The largest absolute Gasteiger partial charge is 0.373 e. The standard InChI is InChI=1S/C20H24N4O/c1-3-16-17(13-21)20(24-23-18(16)4-2)22-15-10-11-25-19(12-15)14-8-6-5-7-9-14/h5-9,15,19H,3-4,10-12H2,1-2H3,(H,22,24). The van der Waals surface area contributed by atoms with E-state index < -0.39 is 0 Å². The molecular weight excluding hydrogens is 312 g/mol. The van der Waals surface area contributed by atoms with Crippen LogP contribution < -0.4 is 5.32 Å². The molecule has 1 aromatic carbocycles. The van der Waals surface area contributed by atoms with Crippen LogP contribution in [-0.4, -0.2) is 22.8 Å². The maximum atomic E-state index is 9.63. The third-order valence-corrected chi connectivity index (χ3v) is 4.75. The molecule has 5 nitrogen and oxygen atoms in total. The lowest BCUT2D eigenvalue weighted by Crippen LogP contribution is -2.31. The van der Waals surface area contributed by atoms with Crippen molar-refractivity contribution in [2.24, 2.45) is 0 Å². The zero-order valence-corrected chi connectivity index (χ0v) is 14.8. The lowest BCUT2D eigenvalue weighted by atomic mass is 9.97. The Morgan fingerprint density at radius 3 is 2.68 bits per heavy atom. The first-order chi connectivity index (χ1) is 12.3. The highest BCUT2D eigenvalue weighted by molar-refractivity contribution is 5.57. The Morgan fingerprint density at radius 2 is 2.00 bits per heavy atom. The van der Waals surface area contributed by atoms with Gasteiger partial charge in [0.2, 0.25) is 0 Å². The molecule has 1 aliphatic rings. The van der Waals surface area contributed by atoms with Gasteiger partial charge >= 0.3 is 0 Å². The van der Waals surface area contributed by atoms with Crippen molar-refractivity contribution in [3.05, 3.63) is 52.7 Å². The van der Waals surface area contributed by atoms with Crippen molar-refractivity contribution >= 4 is 5.82 Å².